The molecule has 1 aliphatic rings. The van der Waals surface area contributed by atoms with Gasteiger partial charge in [-0.05, 0) is 31.2 Å². The molecule has 1 saturated heterocycles. The van der Waals surface area contributed by atoms with Crippen molar-refractivity contribution in [3.63, 3.8) is 0 Å². The van der Waals surface area contributed by atoms with Crippen LogP contribution in [0.2, 0.25) is 0 Å². The molecule has 1 unspecified atom stereocenters. The van der Waals surface area contributed by atoms with Gasteiger partial charge in [-0.15, -0.1) is 0 Å². The highest BCUT2D eigenvalue weighted by Gasteiger charge is 2.20. The predicted octanol–water partition coefficient (Wildman–Crippen LogP) is 1.61. The first-order valence-corrected chi connectivity index (χ1v) is 6.86. The van der Waals surface area contributed by atoms with E-state index in [0.29, 0.717) is 24.7 Å². The van der Waals surface area contributed by atoms with Gasteiger partial charge in [-0.2, -0.15) is 0 Å². The number of Topliss-reactive ketones (excluding diaryl/α,β-unsaturated/α-hetero) is 1. The molecule has 0 aliphatic carbocycles. The maximum absolute atomic E-state index is 12.8. The molecule has 1 N–H and O–H groups in total. The summed E-state index contributed by atoms with van der Waals surface area (Å²) in [4.78, 5) is 25.7. The minimum absolute atomic E-state index is 0.00816. The Kier molecular flexibility index (Phi) is 4.84. The summed E-state index contributed by atoms with van der Waals surface area (Å²) in [5.74, 6) is -0.484. The van der Waals surface area contributed by atoms with E-state index in [9.17, 15) is 14.0 Å². The van der Waals surface area contributed by atoms with Crippen LogP contribution in [-0.2, 0) is 4.79 Å². The van der Waals surface area contributed by atoms with Crippen LogP contribution in [0.1, 0.15) is 30.1 Å². The first-order valence-electron chi connectivity index (χ1n) is 6.86. The lowest BCUT2D eigenvalue weighted by molar-refractivity contribution is -0.132. The van der Waals surface area contributed by atoms with Crippen molar-refractivity contribution in [1.29, 1.82) is 0 Å². The standard InChI is InChI=1S/C15H19FN2O2/c1-11-10-18(9-8-17-11)15(20)7-6-14(19)12-2-4-13(16)5-3-12/h2-5,11,17H,6-10H2,1H3. The van der Waals surface area contributed by atoms with Gasteiger partial charge in [0.2, 0.25) is 5.91 Å². The Morgan fingerprint density at radius 3 is 2.65 bits per heavy atom. The number of carbonyl (C=O) groups is 2. The lowest BCUT2D eigenvalue weighted by Gasteiger charge is -2.31. The number of nitrogens with zero attached hydrogens (tertiary/aromatic N) is 1. The Morgan fingerprint density at radius 2 is 2.00 bits per heavy atom. The molecule has 1 atom stereocenters. The second-order valence-electron chi connectivity index (χ2n) is 5.12. The van der Waals surface area contributed by atoms with Crippen LogP contribution >= 0.6 is 0 Å². The largest absolute Gasteiger partial charge is 0.340 e. The normalized spacial score (nSPS) is 18.9. The Hall–Kier alpha value is -1.75. The van der Waals surface area contributed by atoms with Crippen molar-refractivity contribution in [1.82, 2.24) is 10.2 Å². The topological polar surface area (TPSA) is 49.4 Å². The molecule has 0 aromatic heterocycles. The number of halogens is 1. The second-order valence-corrected chi connectivity index (χ2v) is 5.12. The van der Waals surface area contributed by atoms with E-state index < -0.39 is 0 Å². The minimum Gasteiger partial charge on any atom is -0.340 e. The van der Waals surface area contributed by atoms with Crippen molar-refractivity contribution in [2.24, 2.45) is 0 Å². The molecule has 1 amide bonds. The second kappa shape index (κ2) is 6.61. The molecule has 0 spiro atoms. The number of hydrogen-bond donors (Lipinski definition) is 1. The highest BCUT2D eigenvalue weighted by molar-refractivity contribution is 5.97. The lowest BCUT2D eigenvalue weighted by atomic mass is 10.1. The fourth-order valence-electron chi connectivity index (χ4n) is 2.32. The Balaban J connectivity index is 1.83. The third kappa shape index (κ3) is 3.87. The van der Waals surface area contributed by atoms with Crippen LogP contribution in [0.15, 0.2) is 24.3 Å². The number of ketones is 1. The number of hydrogen-bond acceptors (Lipinski definition) is 3. The Bertz CT molecular complexity index is 487. The summed E-state index contributed by atoms with van der Waals surface area (Å²) in [7, 11) is 0. The van der Waals surface area contributed by atoms with Crippen molar-refractivity contribution in [2.75, 3.05) is 19.6 Å². The molecule has 1 aromatic carbocycles. The molecule has 1 fully saturated rings. The van der Waals surface area contributed by atoms with Crippen LogP contribution in [0.5, 0.6) is 0 Å². The molecule has 0 saturated carbocycles. The number of rotatable bonds is 4. The average Bonchev–Trinajstić information content (AvgIpc) is 2.45. The van der Waals surface area contributed by atoms with Gasteiger partial charge in [0, 0.05) is 44.1 Å². The third-order valence-electron chi connectivity index (χ3n) is 3.45. The smallest absolute Gasteiger partial charge is 0.223 e. The van der Waals surface area contributed by atoms with Gasteiger partial charge in [0.05, 0.1) is 0 Å². The van der Waals surface area contributed by atoms with E-state index >= 15 is 0 Å². The van der Waals surface area contributed by atoms with E-state index in [1.54, 1.807) is 4.90 Å². The zero-order valence-electron chi connectivity index (χ0n) is 11.6. The van der Waals surface area contributed by atoms with Crippen molar-refractivity contribution < 1.29 is 14.0 Å². The first kappa shape index (κ1) is 14.7. The van der Waals surface area contributed by atoms with Crippen LogP contribution in [0.3, 0.4) is 0 Å². The van der Waals surface area contributed by atoms with Crippen LogP contribution in [-0.4, -0.2) is 42.3 Å². The van der Waals surface area contributed by atoms with Gasteiger partial charge in [-0.1, -0.05) is 0 Å². The summed E-state index contributed by atoms with van der Waals surface area (Å²) >= 11 is 0. The Morgan fingerprint density at radius 1 is 1.30 bits per heavy atom. The van der Waals surface area contributed by atoms with E-state index in [2.05, 4.69) is 5.32 Å². The average molecular weight is 278 g/mol. The molecule has 108 valence electrons. The van der Waals surface area contributed by atoms with Gasteiger partial charge in [0.15, 0.2) is 5.78 Å². The molecule has 2 rings (SSSR count). The van der Waals surface area contributed by atoms with Crippen LogP contribution in [0.25, 0.3) is 0 Å². The molecule has 1 aromatic rings. The van der Waals surface area contributed by atoms with E-state index in [1.807, 2.05) is 6.92 Å². The molecule has 1 aliphatic heterocycles. The Labute approximate surface area is 118 Å². The van der Waals surface area contributed by atoms with E-state index in [4.69, 9.17) is 0 Å². The monoisotopic (exact) mass is 278 g/mol. The highest BCUT2D eigenvalue weighted by Crippen LogP contribution is 2.09. The van der Waals surface area contributed by atoms with Gasteiger partial charge in [-0.3, -0.25) is 9.59 Å². The highest BCUT2D eigenvalue weighted by atomic mass is 19.1. The van der Waals surface area contributed by atoms with Gasteiger partial charge in [-0.25, -0.2) is 4.39 Å². The molecule has 20 heavy (non-hydrogen) atoms. The summed E-state index contributed by atoms with van der Waals surface area (Å²) in [5, 5.41) is 3.27. The maximum Gasteiger partial charge on any atom is 0.223 e. The van der Waals surface area contributed by atoms with Crippen molar-refractivity contribution in [3.05, 3.63) is 35.6 Å². The van der Waals surface area contributed by atoms with Gasteiger partial charge < -0.3 is 10.2 Å². The molecular weight excluding hydrogens is 259 g/mol. The molecule has 5 heteroatoms. The summed E-state index contributed by atoms with van der Waals surface area (Å²) in [6, 6.07) is 5.71. The fraction of sp³-hybridized carbons (Fsp3) is 0.467. The van der Waals surface area contributed by atoms with E-state index in [1.165, 1.54) is 24.3 Å². The molecule has 0 radical (unpaired) electrons. The molecule has 1 heterocycles. The van der Waals surface area contributed by atoms with Crippen molar-refractivity contribution in [2.45, 2.75) is 25.8 Å². The molecule has 0 bridgehead atoms. The zero-order chi connectivity index (χ0) is 14.5. The quantitative estimate of drug-likeness (QED) is 0.851. The van der Waals surface area contributed by atoms with Gasteiger partial charge >= 0.3 is 0 Å². The minimum atomic E-state index is -0.368. The number of amides is 1. The molecule has 4 nitrogen and oxygen atoms in total. The molecular formula is C15H19FN2O2. The SMILES string of the molecule is CC1CN(C(=O)CCC(=O)c2ccc(F)cc2)CCN1. The van der Waals surface area contributed by atoms with Crippen LogP contribution in [0, 0.1) is 5.82 Å². The van der Waals surface area contributed by atoms with E-state index in [0.717, 1.165) is 6.54 Å². The van der Waals surface area contributed by atoms with E-state index in [-0.39, 0.29) is 30.3 Å². The number of benzene rings is 1. The number of piperazine rings is 1. The summed E-state index contributed by atoms with van der Waals surface area (Å²) in [5.41, 5.74) is 0.452. The number of carbonyl (C=O) groups excluding carboxylic acids is 2. The lowest BCUT2D eigenvalue weighted by Crippen LogP contribution is -2.51. The fourth-order valence-corrected chi connectivity index (χ4v) is 2.32. The first-order chi connectivity index (χ1) is 9.56. The predicted molar refractivity (Wildman–Crippen MR) is 74.0 cm³/mol. The van der Waals surface area contributed by atoms with Crippen molar-refractivity contribution >= 4 is 11.7 Å². The van der Waals surface area contributed by atoms with Gasteiger partial charge in [0.1, 0.15) is 5.82 Å². The third-order valence-corrected chi connectivity index (χ3v) is 3.45. The zero-order valence-corrected chi connectivity index (χ0v) is 11.6. The number of nitrogens with one attached hydrogen (secondary N) is 1. The maximum atomic E-state index is 12.8. The summed E-state index contributed by atoms with van der Waals surface area (Å²) < 4.78 is 12.8. The van der Waals surface area contributed by atoms with Crippen LogP contribution < -0.4 is 5.32 Å². The van der Waals surface area contributed by atoms with Gasteiger partial charge in [0.25, 0.3) is 0 Å². The summed E-state index contributed by atoms with van der Waals surface area (Å²) in [6.45, 7) is 4.19. The van der Waals surface area contributed by atoms with Crippen LogP contribution in [0.4, 0.5) is 4.39 Å². The summed E-state index contributed by atoms with van der Waals surface area (Å²) in [6.07, 6.45) is 0.381. The van der Waals surface area contributed by atoms with Crippen molar-refractivity contribution in [3.8, 4) is 0 Å².